The molecule has 2 atom stereocenters. The summed E-state index contributed by atoms with van der Waals surface area (Å²) in [5, 5.41) is 6.80. The van der Waals surface area contributed by atoms with Crippen LogP contribution in [-0.2, 0) is 12.8 Å². The lowest BCUT2D eigenvalue weighted by Crippen LogP contribution is -2.24. The third-order valence-corrected chi connectivity index (χ3v) is 3.20. The van der Waals surface area contributed by atoms with Crippen LogP contribution in [0.1, 0.15) is 25.0 Å². The zero-order valence-electron chi connectivity index (χ0n) is 9.80. The summed E-state index contributed by atoms with van der Waals surface area (Å²) in [4.78, 5) is 0. The highest BCUT2D eigenvalue weighted by atomic mass is 14.9. The number of hydrogen-bond donors (Lipinski definition) is 2. The minimum Gasteiger partial charge on any atom is -0.382 e. The molecule has 0 bridgehead atoms. The Bertz CT molecular complexity index is 346. The first-order valence-electron chi connectivity index (χ1n) is 5.75. The Morgan fingerprint density at radius 1 is 1.53 bits per heavy atom. The third kappa shape index (κ3) is 2.15. The van der Waals surface area contributed by atoms with Gasteiger partial charge in [-0.15, -0.1) is 0 Å². The second-order valence-corrected chi connectivity index (χ2v) is 4.59. The van der Waals surface area contributed by atoms with E-state index in [1.807, 2.05) is 7.05 Å². The van der Waals surface area contributed by atoms with Crippen LogP contribution in [0.2, 0.25) is 0 Å². The molecule has 0 aromatic heterocycles. The zero-order valence-corrected chi connectivity index (χ0v) is 9.80. The largest absolute Gasteiger partial charge is 0.382 e. The maximum Gasteiger partial charge on any atom is 0.0378 e. The summed E-state index contributed by atoms with van der Waals surface area (Å²) in [5.41, 5.74) is 4.35. The molecule has 1 heterocycles. The topological polar surface area (TPSA) is 24.1 Å². The molecule has 1 aromatic rings. The van der Waals surface area contributed by atoms with Gasteiger partial charge in [0.25, 0.3) is 0 Å². The van der Waals surface area contributed by atoms with Crippen LogP contribution in [0.5, 0.6) is 0 Å². The van der Waals surface area contributed by atoms with Crippen LogP contribution in [0.15, 0.2) is 18.2 Å². The number of anilines is 1. The molecule has 0 spiro atoms. The molecule has 0 fully saturated rings. The summed E-state index contributed by atoms with van der Waals surface area (Å²) >= 11 is 0. The van der Waals surface area contributed by atoms with E-state index in [0.29, 0.717) is 12.1 Å². The Hall–Kier alpha value is -1.02. The second-order valence-electron chi connectivity index (χ2n) is 4.59. The Morgan fingerprint density at radius 2 is 2.33 bits per heavy atom. The van der Waals surface area contributed by atoms with Gasteiger partial charge in [-0.2, -0.15) is 0 Å². The molecule has 2 nitrogen and oxygen atoms in total. The minimum absolute atomic E-state index is 0.549. The highest BCUT2D eigenvalue weighted by Gasteiger charge is 2.19. The number of benzene rings is 1. The summed E-state index contributed by atoms with van der Waals surface area (Å²) in [7, 11) is 2.02. The SMILES string of the molecule is CNC(C)Cc1cccc2c1CC(C)N2. The second kappa shape index (κ2) is 4.23. The van der Waals surface area contributed by atoms with Gasteiger partial charge < -0.3 is 10.6 Å². The summed E-state index contributed by atoms with van der Waals surface area (Å²) in [6.07, 6.45) is 2.29. The van der Waals surface area contributed by atoms with Crippen LogP contribution < -0.4 is 10.6 Å². The molecule has 1 aromatic carbocycles. The van der Waals surface area contributed by atoms with Crippen LogP contribution >= 0.6 is 0 Å². The predicted octanol–water partition coefficient (Wildman–Crippen LogP) is 2.19. The molecule has 15 heavy (non-hydrogen) atoms. The molecular formula is C13H20N2. The van der Waals surface area contributed by atoms with Crippen LogP contribution in [0.3, 0.4) is 0 Å². The highest BCUT2D eigenvalue weighted by molar-refractivity contribution is 5.59. The number of nitrogens with one attached hydrogen (secondary N) is 2. The summed E-state index contributed by atoms with van der Waals surface area (Å²) < 4.78 is 0. The fraction of sp³-hybridized carbons (Fsp3) is 0.538. The maximum atomic E-state index is 3.51. The van der Waals surface area contributed by atoms with E-state index in [9.17, 15) is 0 Å². The van der Waals surface area contributed by atoms with Crippen molar-refractivity contribution >= 4 is 5.69 Å². The van der Waals surface area contributed by atoms with Crippen molar-refractivity contribution in [2.24, 2.45) is 0 Å². The van der Waals surface area contributed by atoms with Crippen molar-refractivity contribution in [1.82, 2.24) is 5.32 Å². The molecule has 2 unspecified atom stereocenters. The zero-order chi connectivity index (χ0) is 10.8. The first-order valence-corrected chi connectivity index (χ1v) is 5.75. The standard InChI is InChI=1S/C13H20N2/c1-9(14-3)7-11-5-4-6-13-12(11)8-10(2)15-13/h4-6,9-10,14-15H,7-8H2,1-3H3. The van der Waals surface area contributed by atoms with Crippen molar-refractivity contribution in [3.05, 3.63) is 29.3 Å². The van der Waals surface area contributed by atoms with Crippen molar-refractivity contribution < 1.29 is 0 Å². The third-order valence-electron chi connectivity index (χ3n) is 3.20. The molecule has 2 rings (SSSR count). The van der Waals surface area contributed by atoms with Crippen LogP contribution in [0.4, 0.5) is 5.69 Å². The van der Waals surface area contributed by atoms with Gasteiger partial charge in [0, 0.05) is 17.8 Å². The quantitative estimate of drug-likeness (QED) is 0.788. The average Bonchev–Trinajstić information content (AvgIpc) is 2.59. The van der Waals surface area contributed by atoms with Crippen molar-refractivity contribution in [2.45, 2.75) is 38.8 Å². The van der Waals surface area contributed by atoms with Crippen LogP contribution in [0, 0.1) is 0 Å². The van der Waals surface area contributed by atoms with Gasteiger partial charge in [-0.05, 0) is 50.9 Å². The van der Waals surface area contributed by atoms with Gasteiger partial charge in [0.2, 0.25) is 0 Å². The monoisotopic (exact) mass is 204 g/mol. The van der Waals surface area contributed by atoms with E-state index in [0.717, 1.165) is 6.42 Å². The molecule has 2 N–H and O–H groups in total. The molecule has 1 aliphatic heterocycles. The number of hydrogen-bond acceptors (Lipinski definition) is 2. The normalized spacial score (nSPS) is 20.9. The van der Waals surface area contributed by atoms with Gasteiger partial charge >= 0.3 is 0 Å². The van der Waals surface area contributed by atoms with Gasteiger partial charge in [0.1, 0.15) is 0 Å². The van der Waals surface area contributed by atoms with Crippen molar-refractivity contribution in [3.63, 3.8) is 0 Å². The van der Waals surface area contributed by atoms with E-state index in [4.69, 9.17) is 0 Å². The average molecular weight is 204 g/mol. The molecule has 0 saturated heterocycles. The molecule has 0 aliphatic carbocycles. The Balaban J connectivity index is 2.23. The molecule has 0 radical (unpaired) electrons. The molecule has 1 aliphatic rings. The van der Waals surface area contributed by atoms with E-state index in [1.54, 1.807) is 0 Å². The van der Waals surface area contributed by atoms with Crippen molar-refractivity contribution in [1.29, 1.82) is 0 Å². The number of rotatable bonds is 3. The molecular weight excluding hydrogens is 184 g/mol. The summed E-state index contributed by atoms with van der Waals surface area (Å²) in [5.74, 6) is 0. The first-order chi connectivity index (χ1) is 7.20. The fourth-order valence-corrected chi connectivity index (χ4v) is 2.26. The Kier molecular flexibility index (Phi) is 2.96. The Morgan fingerprint density at radius 3 is 3.07 bits per heavy atom. The minimum atomic E-state index is 0.549. The van der Waals surface area contributed by atoms with E-state index < -0.39 is 0 Å². The lowest BCUT2D eigenvalue weighted by Gasteiger charge is -2.13. The lowest BCUT2D eigenvalue weighted by molar-refractivity contribution is 0.606. The number of likely N-dealkylation sites (N-methyl/N-ethyl adjacent to an activating group) is 1. The molecule has 82 valence electrons. The summed E-state index contributed by atoms with van der Waals surface area (Å²) in [6.45, 7) is 4.47. The molecule has 2 heteroatoms. The first kappa shape index (κ1) is 10.5. The lowest BCUT2D eigenvalue weighted by atomic mass is 9.98. The van der Waals surface area contributed by atoms with E-state index in [-0.39, 0.29) is 0 Å². The van der Waals surface area contributed by atoms with Gasteiger partial charge in [-0.3, -0.25) is 0 Å². The van der Waals surface area contributed by atoms with Crippen LogP contribution in [0.25, 0.3) is 0 Å². The van der Waals surface area contributed by atoms with Gasteiger partial charge in [-0.1, -0.05) is 12.1 Å². The molecule has 0 amide bonds. The number of fused-ring (bicyclic) bond motifs is 1. The predicted molar refractivity (Wildman–Crippen MR) is 65.5 cm³/mol. The van der Waals surface area contributed by atoms with E-state index in [1.165, 1.54) is 23.2 Å². The summed E-state index contributed by atoms with van der Waals surface area (Å²) in [6, 6.07) is 7.74. The smallest absolute Gasteiger partial charge is 0.0378 e. The van der Waals surface area contributed by atoms with E-state index >= 15 is 0 Å². The fourth-order valence-electron chi connectivity index (χ4n) is 2.26. The maximum absolute atomic E-state index is 3.51. The van der Waals surface area contributed by atoms with E-state index in [2.05, 4.69) is 42.7 Å². The Labute approximate surface area is 92.1 Å². The van der Waals surface area contributed by atoms with Crippen LogP contribution in [-0.4, -0.2) is 19.1 Å². The van der Waals surface area contributed by atoms with Gasteiger partial charge in [0.15, 0.2) is 0 Å². The highest BCUT2D eigenvalue weighted by Crippen LogP contribution is 2.29. The van der Waals surface area contributed by atoms with Crippen molar-refractivity contribution in [3.8, 4) is 0 Å². The van der Waals surface area contributed by atoms with Crippen molar-refractivity contribution in [2.75, 3.05) is 12.4 Å². The van der Waals surface area contributed by atoms with Gasteiger partial charge in [-0.25, -0.2) is 0 Å². The molecule has 0 saturated carbocycles. The van der Waals surface area contributed by atoms with Gasteiger partial charge in [0.05, 0.1) is 0 Å².